The van der Waals surface area contributed by atoms with Gasteiger partial charge in [0, 0.05) is 44.0 Å². The number of hydrogen-bond acceptors (Lipinski definition) is 9. The molecule has 0 spiro atoms. The van der Waals surface area contributed by atoms with Gasteiger partial charge in [0.2, 0.25) is 5.95 Å². The summed E-state index contributed by atoms with van der Waals surface area (Å²) in [7, 11) is 1.54. The van der Waals surface area contributed by atoms with Crippen LogP contribution in [0.25, 0.3) is 11.2 Å². The molecular formula is C27H35N7O5. The highest BCUT2D eigenvalue weighted by Gasteiger charge is 2.26. The molecule has 0 saturated carbocycles. The molecule has 1 aliphatic heterocycles. The quantitative estimate of drug-likeness (QED) is 0.222. The van der Waals surface area contributed by atoms with Crippen molar-refractivity contribution >= 4 is 34.6 Å². The molecule has 1 fully saturated rings. The Hall–Kier alpha value is -4.19. The summed E-state index contributed by atoms with van der Waals surface area (Å²) in [6.07, 6.45) is 5.59. The Labute approximate surface area is 225 Å². The van der Waals surface area contributed by atoms with Crippen LogP contribution in [0.1, 0.15) is 37.0 Å². The number of ether oxygens (including phenoxy) is 1. The zero-order valence-electron chi connectivity index (χ0n) is 22.6. The third kappa shape index (κ3) is 5.80. The Bertz CT molecular complexity index is 1520. The molecule has 208 valence electrons. The second kappa shape index (κ2) is 12.1. The molecule has 1 atom stereocenters. The highest BCUT2D eigenvalue weighted by atomic mass is 16.5. The van der Waals surface area contributed by atoms with Gasteiger partial charge in [-0.2, -0.15) is 4.98 Å². The van der Waals surface area contributed by atoms with Crippen LogP contribution in [0, 0.1) is 0 Å². The summed E-state index contributed by atoms with van der Waals surface area (Å²) < 4.78 is 8.96. The summed E-state index contributed by atoms with van der Waals surface area (Å²) in [6, 6.07) is 6.62. The summed E-state index contributed by atoms with van der Waals surface area (Å²) in [5.74, 6) is -0.347. The van der Waals surface area contributed by atoms with E-state index in [9.17, 15) is 19.2 Å². The molecule has 0 aliphatic carbocycles. The van der Waals surface area contributed by atoms with E-state index < -0.39 is 29.5 Å². The first-order chi connectivity index (χ1) is 18.8. The molecular weight excluding hydrogens is 502 g/mol. The number of para-hydroxylation sites is 1. The highest BCUT2D eigenvalue weighted by Crippen LogP contribution is 2.23. The maximum Gasteiger partial charge on any atom is 0.332 e. The van der Waals surface area contributed by atoms with Crippen LogP contribution in [-0.4, -0.2) is 62.7 Å². The van der Waals surface area contributed by atoms with Gasteiger partial charge in [0.25, 0.3) is 5.56 Å². The lowest BCUT2D eigenvalue weighted by molar-refractivity contribution is -0.140. The number of nitrogens with two attached hydrogens (primary N) is 1. The van der Waals surface area contributed by atoms with Gasteiger partial charge in [0.15, 0.2) is 16.9 Å². The first kappa shape index (κ1) is 27.8. The number of esters is 1. The largest absolute Gasteiger partial charge is 0.465 e. The van der Waals surface area contributed by atoms with E-state index in [4.69, 9.17) is 15.5 Å². The van der Waals surface area contributed by atoms with Gasteiger partial charge in [-0.05, 0) is 38.8 Å². The number of imidazole rings is 1. The Morgan fingerprint density at radius 2 is 2.00 bits per heavy atom. The fraction of sp³-hybridized carbons (Fsp3) is 0.444. The summed E-state index contributed by atoms with van der Waals surface area (Å²) in [6.45, 7) is 4.94. The molecule has 1 aromatic carbocycles. The minimum atomic E-state index is -0.643. The standard InChI is InChI=1S/C27H35N7O5/c1-4-6-14-33-23-24(30-26(33)32-13-9-10-18(28)16-32)31(3)27(38)34(25(23)37)17-21(35)19-11-7-8-12-20(19)29-15-22(36)39-5-2/h4,6-8,11-12,18,29H,5,9-10,13-17,28H2,1-3H3. The normalized spacial score (nSPS) is 15.7. The molecule has 39 heavy (non-hydrogen) atoms. The van der Waals surface area contributed by atoms with Crippen LogP contribution in [0.15, 0.2) is 46.0 Å². The number of Topliss-reactive ketones (excluding diaryl/α,β-unsaturated/α-hetero) is 1. The summed E-state index contributed by atoms with van der Waals surface area (Å²) in [4.78, 5) is 59.0. The number of fused-ring (bicyclic) bond motifs is 1. The molecule has 2 aromatic heterocycles. The van der Waals surface area contributed by atoms with Crippen LogP contribution >= 0.6 is 0 Å². The van der Waals surface area contributed by atoms with E-state index in [0.717, 1.165) is 24.0 Å². The van der Waals surface area contributed by atoms with Crippen molar-refractivity contribution < 1.29 is 14.3 Å². The molecule has 0 bridgehead atoms. The van der Waals surface area contributed by atoms with Crippen molar-refractivity contribution in [1.29, 1.82) is 0 Å². The number of anilines is 2. The van der Waals surface area contributed by atoms with Gasteiger partial charge >= 0.3 is 11.7 Å². The number of piperidine rings is 1. The Morgan fingerprint density at radius 1 is 1.23 bits per heavy atom. The van der Waals surface area contributed by atoms with Crippen molar-refractivity contribution in [3.05, 3.63) is 62.8 Å². The van der Waals surface area contributed by atoms with Crippen molar-refractivity contribution in [1.82, 2.24) is 18.7 Å². The molecule has 12 heteroatoms. The van der Waals surface area contributed by atoms with E-state index in [1.165, 1.54) is 4.57 Å². The summed E-state index contributed by atoms with van der Waals surface area (Å²) in [5, 5.41) is 2.91. The molecule has 3 N–H and O–H groups in total. The van der Waals surface area contributed by atoms with Gasteiger partial charge in [-0.15, -0.1) is 0 Å². The van der Waals surface area contributed by atoms with Gasteiger partial charge in [-0.1, -0.05) is 24.3 Å². The van der Waals surface area contributed by atoms with Crippen molar-refractivity contribution in [3.63, 3.8) is 0 Å². The highest BCUT2D eigenvalue weighted by molar-refractivity contribution is 6.01. The number of hydrogen-bond donors (Lipinski definition) is 2. The monoisotopic (exact) mass is 537 g/mol. The second-order valence-corrected chi connectivity index (χ2v) is 9.47. The number of benzene rings is 1. The number of aryl methyl sites for hydroxylation is 1. The number of allylic oxidation sites excluding steroid dienone is 2. The first-order valence-electron chi connectivity index (χ1n) is 13.1. The predicted octanol–water partition coefficient (Wildman–Crippen LogP) is 1.26. The molecule has 3 aromatic rings. The van der Waals surface area contributed by atoms with Gasteiger partial charge < -0.3 is 25.3 Å². The topological polar surface area (TPSA) is 146 Å². The molecule has 1 unspecified atom stereocenters. The lowest BCUT2D eigenvalue weighted by Crippen LogP contribution is -2.44. The van der Waals surface area contributed by atoms with Crippen LogP contribution in [0.5, 0.6) is 0 Å². The number of ketones is 1. The second-order valence-electron chi connectivity index (χ2n) is 9.47. The lowest BCUT2D eigenvalue weighted by Gasteiger charge is -2.31. The first-order valence-corrected chi connectivity index (χ1v) is 13.1. The Morgan fingerprint density at radius 3 is 2.72 bits per heavy atom. The van der Waals surface area contributed by atoms with E-state index in [2.05, 4.69) is 5.32 Å². The van der Waals surface area contributed by atoms with Gasteiger partial charge in [0.1, 0.15) is 6.54 Å². The zero-order chi connectivity index (χ0) is 28.1. The number of carbonyl (C=O) groups is 2. The van der Waals surface area contributed by atoms with E-state index >= 15 is 0 Å². The predicted molar refractivity (Wildman–Crippen MR) is 149 cm³/mol. The maximum absolute atomic E-state index is 13.8. The molecule has 0 amide bonds. The Balaban J connectivity index is 1.75. The van der Waals surface area contributed by atoms with E-state index in [1.807, 2.05) is 24.0 Å². The molecule has 1 saturated heterocycles. The number of carbonyl (C=O) groups excluding carboxylic acids is 2. The van der Waals surface area contributed by atoms with Crippen LogP contribution in [0.4, 0.5) is 11.6 Å². The van der Waals surface area contributed by atoms with Crippen LogP contribution in [-0.2, 0) is 29.7 Å². The van der Waals surface area contributed by atoms with Gasteiger partial charge in [-0.25, -0.2) is 4.79 Å². The summed E-state index contributed by atoms with van der Waals surface area (Å²) in [5.41, 5.74) is 6.12. The number of nitrogens with zero attached hydrogens (tertiary/aromatic N) is 5. The molecule has 3 heterocycles. The zero-order valence-corrected chi connectivity index (χ0v) is 22.6. The van der Waals surface area contributed by atoms with E-state index in [0.29, 0.717) is 24.7 Å². The number of aromatic nitrogens is 4. The van der Waals surface area contributed by atoms with Crippen LogP contribution < -0.4 is 27.2 Å². The van der Waals surface area contributed by atoms with E-state index in [-0.39, 0.29) is 35.9 Å². The Kier molecular flexibility index (Phi) is 8.65. The fourth-order valence-corrected chi connectivity index (χ4v) is 4.80. The van der Waals surface area contributed by atoms with Crippen LogP contribution in [0.2, 0.25) is 0 Å². The van der Waals surface area contributed by atoms with Gasteiger partial charge in [-0.3, -0.25) is 23.5 Å². The third-order valence-corrected chi connectivity index (χ3v) is 6.73. The van der Waals surface area contributed by atoms with Crippen molar-refractivity contribution in [2.45, 2.75) is 45.8 Å². The molecule has 1 aliphatic rings. The third-order valence-electron chi connectivity index (χ3n) is 6.73. The average Bonchev–Trinajstić information content (AvgIpc) is 3.32. The molecule has 12 nitrogen and oxygen atoms in total. The lowest BCUT2D eigenvalue weighted by atomic mass is 10.1. The van der Waals surface area contributed by atoms with Gasteiger partial charge in [0.05, 0.1) is 13.2 Å². The van der Waals surface area contributed by atoms with Crippen LogP contribution in [0.3, 0.4) is 0 Å². The minimum absolute atomic E-state index is 0.00988. The summed E-state index contributed by atoms with van der Waals surface area (Å²) >= 11 is 0. The van der Waals surface area contributed by atoms with E-state index in [1.54, 1.807) is 42.8 Å². The van der Waals surface area contributed by atoms with Crippen molar-refractivity contribution in [2.24, 2.45) is 12.8 Å². The van der Waals surface area contributed by atoms with Crippen molar-refractivity contribution in [3.8, 4) is 0 Å². The smallest absolute Gasteiger partial charge is 0.332 e. The average molecular weight is 538 g/mol. The fourth-order valence-electron chi connectivity index (χ4n) is 4.80. The van der Waals surface area contributed by atoms with Crippen molar-refractivity contribution in [2.75, 3.05) is 36.5 Å². The molecule has 4 rings (SSSR count). The number of rotatable bonds is 10. The molecule has 0 radical (unpaired) electrons. The SMILES string of the molecule is CC=CCn1c(N2CCCC(N)C2)nc2c1c(=O)n(CC(=O)c1ccccc1NCC(=O)OCC)c(=O)n2C. The minimum Gasteiger partial charge on any atom is -0.465 e. The number of nitrogens with one attached hydrogen (secondary N) is 1. The maximum atomic E-state index is 13.8.